The van der Waals surface area contributed by atoms with Crippen LogP contribution in [0.4, 0.5) is 0 Å². The van der Waals surface area contributed by atoms with Gasteiger partial charge in [0.25, 0.3) is 5.91 Å². The molecule has 1 fully saturated rings. The van der Waals surface area contributed by atoms with Crippen LogP contribution in [0.5, 0.6) is 11.5 Å². The Hall–Kier alpha value is -1.71. The van der Waals surface area contributed by atoms with Crippen LogP contribution in [0.2, 0.25) is 0 Å². The van der Waals surface area contributed by atoms with E-state index in [1.165, 1.54) is 19.3 Å². The molecule has 4 heteroatoms. The molecule has 0 radical (unpaired) electrons. The Morgan fingerprint density at radius 1 is 1.29 bits per heavy atom. The molecule has 2 rings (SSSR count). The summed E-state index contributed by atoms with van der Waals surface area (Å²) in [4.78, 5) is 12.4. The summed E-state index contributed by atoms with van der Waals surface area (Å²) in [7, 11) is 1.60. The summed E-state index contributed by atoms with van der Waals surface area (Å²) in [5, 5.41) is 3.16. The number of ether oxygens (including phenoxy) is 2. The molecule has 0 aromatic heterocycles. The molecule has 1 aliphatic carbocycles. The van der Waals surface area contributed by atoms with Crippen LogP contribution in [0, 0.1) is 5.92 Å². The van der Waals surface area contributed by atoms with Crippen molar-refractivity contribution in [1.29, 1.82) is 0 Å². The highest BCUT2D eigenvalue weighted by Gasteiger charge is 2.23. The van der Waals surface area contributed by atoms with Gasteiger partial charge in [-0.2, -0.15) is 0 Å². The van der Waals surface area contributed by atoms with Crippen molar-refractivity contribution in [2.75, 3.05) is 13.7 Å². The minimum atomic E-state index is -0.0302. The van der Waals surface area contributed by atoms with E-state index in [1.807, 2.05) is 6.92 Å². The predicted molar refractivity (Wildman–Crippen MR) is 83.0 cm³/mol. The van der Waals surface area contributed by atoms with E-state index in [0.29, 0.717) is 29.6 Å². The first-order valence-corrected chi connectivity index (χ1v) is 7.77. The molecule has 1 amide bonds. The van der Waals surface area contributed by atoms with Gasteiger partial charge >= 0.3 is 0 Å². The first-order valence-electron chi connectivity index (χ1n) is 7.77. The SMILES string of the molecule is CCOc1cc(C(=O)N[C@@H]2CCCC[C@@H]2C)ccc1OC. The molecule has 2 atom stereocenters. The van der Waals surface area contributed by atoms with E-state index >= 15 is 0 Å². The largest absolute Gasteiger partial charge is 0.493 e. The van der Waals surface area contributed by atoms with Gasteiger partial charge in [0.05, 0.1) is 13.7 Å². The van der Waals surface area contributed by atoms with Gasteiger partial charge in [0.2, 0.25) is 0 Å². The number of hydrogen-bond donors (Lipinski definition) is 1. The summed E-state index contributed by atoms with van der Waals surface area (Å²) >= 11 is 0. The Morgan fingerprint density at radius 3 is 2.71 bits per heavy atom. The van der Waals surface area contributed by atoms with Gasteiger partial charge in [-0.15, -0.1) is 0 Å². The second kappa shape index (κ2) is 7.34. The molecule has 0 saturated heterocycles. The third kappa shape index (κ3) is 3.90. The molecule has 0 unspecified atom stereocenters. The fourth-order valence-electron chi connectivity index (χ4n) is 2.87. The topological polar surface area (TPSA) is 47.6 Å². The molecular weight excluding hydrogens is 266 g/mol. The van der Waals surface area contributed by atoms with Crippen LogP contribution in [0.25, 0.3) is 0 Å². The Balaban J connectivity index is 2.09. The number of rotatable bonds is 5. The van der Waals surface area contributed by atoms with E-state index in [2.05, 4.69) is 12.2 Å². The maximum Gasteiger partial charge on any atom is 0.251 e. The highest BCUT2D eigenvalue weighted by Crippen LogP contribution is 2.29. The summed E-state index contributed by atoms with van der Waals surface area (Å²) in [6.07, 6.45) is 4.73. The zero-order valence-corrected chi connectivity index (χ0v) is 13.1. The van der Waals surface area contributed by atoms with Crippen molar-refractivity contribution in [3.8, 4) is 11.5 Å². The fourth-order valence-corrected chi connectivity index (χ4v) is 2.87. The number of amides is 1. The van der Waals surface area contributed by atoms with Crippen LogP contribution in [0.15, 0.2) is 18.2 Å². The lowest BCUT2D eigenvalue weighted by molar-refractivity contribution is 0.0909. The van der Waals surface area contributed by atoms with Crippen molar-refractivity contribution >= 4 is 5.91 Å². The minimum Gasteiger partial charge on any atom is -0.493 e. The number of nitrogens with one attached hydrogen (secondary N) is 1. The highest BCUT2D eigenvalue weighted by molar-refractivity contribution is 5.95. The first kappa shape index (κ1) is 15.7. The van der Waals surface area contributed by atoms with Crippen molar-refractivity contribution in [1.82, 2.24) is 5.32 Å². The lowest BCUT2D eigenvalue weighted by Crippen LogP contribution is -2.41. The van der Waals surface area contributed by atoms with Gasteiger partial charge in [0.15, 0.2) is 11.5 Å². The molecule has 1 aromatic carbocycles. The Morgan fingerprint density at radius 2 is 2.05 bits per heavy atom. The van der Waals surface area contributed by atoms with Crippen LogP contribution in [-0.4, -0.2) is 25.7 Å². The van der Waals surface area contributed by atoms with Gasteiger partial charge in [-0.05, 0) is 43.9 Å². The molecule has 0 aliphatic heterocycles. The second-order valence-corrected chi connectivity index (χ2v) is 5.64. The standard InChI is InChI=1S/C17H25NO3/c1-4-21-16-11-13(9-10-15(16)20-3)17(19)18-14-8-6-5-7-12(14)2/h9-12,14H,4-8H2,1-3H3,(H,18,19)/t12-,14+/m0/s1. The molecule has 1 N–H and O–H groups in total. The predicted octanol–water partition coefficient (Wildman–Crippen LogP) is 3.40. The van der Waals surface area contributed by atoms with Crippen molar-refractivity contribution in [3.05, 3.63) is 23.8 Å². The van der Waals surface area contributed by atoms with Crippen LogP contribution in [0.3, 0.4) is 0 Å². The summed E-state index contributed by atoms with van der Waals surface area (Å²) < 4.78 is 10.8. The molecular formula is C17H25NO3. The number of benzene rings is 1. The normalized spacial score (nSPS) is 21.7. The molecule has 0 heterocycles. The van der Waals surface area contributed by atoms with Crippen molar-refractivity contribution < 1.29 is 14.3 Å². The lowest BCUT2D eigenvalue weighted by atomic mass is 9.86. The van der Waals surface area contributed by atoms with Crippen molar-refractivity contribution in [2.24, 2.45) is 5.92 Å². The zero-order valence-electron chi connectivity index (χ0n) is 13.1. The van der Waals surface area contributed by atoms with Crippen LogP contribution < -0.4 is 14.8 Å². The number of carbonyl (C=O) groups excluding carboxylic acids is 1. The molecule has 1 saturated carbocycles. The van der Waals surface area contributed by atoms with Gasteiger partial charge in [-0.3, -0.25) is 4.79 Å². The lowest BCUT2D eigenvalue weighted by Gasteiger charge is -2.29. The summed E-state index contributed by atoms with van der Waals surface area (Å²) in [5.41, 5.74) is 0.622. The first-order chi connectivity index (χ1) is 10.2. The Bertz CT molecular complexity index is 487. The second-order valence-electron chi connectivity index (χ2n) is 5.64. The molecule has 0 bridgehead atoms. The number of methoxy groups -OCH3 is 1. The third-order valence-electron chi connectivity index (χ3n) is 4.15. The van der Waals surface area contributed by atoms with Gasteiger partial charge in [-0.1, -0.05) is 19.8 Å². The van der Waals surface area contributed by atoms with Gasteiger partial charge < -0.3 is 14.8 Å². The highest BCUT2D eigenvalue weighted by atomic mass is 16.5. The van der Waals surface area contributed by atoms with E-state index in [1.54, 1.807) is 25.3 Å². The van der Waals surface area contributed by atoms with Crippen LogP contribution in [-0.2, 0) is 0 Å². The quantitative estimate of drug-likeness (QED) is 0.904. The Kier molecular flexibility index (Phi) is 5.48. The van der Waals surface area contributed by atoms with Crippen LogP contribution >= 0.6 is 0 Å². The summed E-state index contributed by atoms with van der Waals surface area (Å²) in [5.74, 6) is 1.79. The van der Waals surface area contributed by atoms with E-state index in [0.717, 1.165) is 6.42 Å². The average Bonchev–Trinajstić information content (AvgIpc) is 2.50. The van der Waals surface area contributed by atoms with Crippen molar-refractivity contribution in [3.63, 3.8) is 0 Å². The smallest absolute Gasteiger partial charge is 0.251 e. The number of hydrogen-bond acceptors (Lipinski definition) is 3. The molecule has 4 nitrogen and oxygen atoms in total. The molecule has 21 heavy (non-hydrogen) atoms. The zero-order chi connectivity index (χ0) is 15.2. The molecule has 0 spiro atoms. The van der Waals surface area contributed by atoms with E-state index in [4.69, 9.17) is 9.47 Å². The van der Waals surface area contributed by atoms with E-state index in [9.17, 15) is 4.79 Å². The summed E-state index contributed by atoms with van der Waals surface area (Å²) in [6, 6.07) is 5.60. The number of carbonyl (C=O) groups is 1. The molecule has 116 valence electrons. The van der Waals surface area contributed by atoms with E-state index in [-0.39, 0.29) is 11.9 Å². The fraction of sp³-hybridized carbons (Fsp3) is 0.588. The Labute approximate surface area is 126 Å². The summed E-state index contributed by atoms with van der Waals surface area (Å²) in [6.45, 7) is 4.67. The monoisotopic (exact) mass is 291 g/mol. The van der Waals surface area contributed by atoms with E-state index < -0.39 is 0 Å². The third-order valence-corrected chi connectivity index (χ3v) is 4.15. The maximum absolute atomic E-state index is 12.4. The van der Waals surface area contributed by atoms with Crippen molar-refractivity contribution in [2.45, 2.75) is 45.6 Å². The molecule has 1 aromatic rings. The maximum atomic E-state index is 12.4. The van der Waals surface area contributed by atoms with Gasteiger partial charge in [-0.25, -0.2) is 0 Å². The minimum absolute atomic E-state index is 0.0302. The van der Waals surface area contributed by atoms with Gasteiger partial charge in [0, 0.05) is 11.6 Å². The van der Waals surface area contributed by atoms with Crippen LogP contribution in [0.1, 0.15) is 49.9 Å². The average molecular weight is 291 g/mol. The van der Waals surface area contributed by atoms with Gasteiger partial charge in [0.1, 0.15) is 0 Å². The molecule has 1 aliphatic rings.